The Morgan fingerprint density at radius 3 is 1.03 bits per heavy atom. The summed E-state index contributed by atoms with van der Waals surface area (Å²) in [5, 5.41) is 63.1. The number of aliphatic hydroxyl groups is 2. The molecule has 0 saturated carbocycles. The summed E-state index contributed by atoms with van der Waals surface area (Å²) < 4.78 is 31.6. The number of β-amino-alcohol motifs (C(OH)–C–C–N with tert-alkyl or cyclic N) is 2. The van der Waals surface area contributed by atoms with Crippen molar-refractivity contribution in [1.29, 1.82) is 0 Å². The molecule has 228 valence electrons. The van der Waals surface area contributed by atoms with Crippen LogP contribution in [-0.4, -0.2) is 72.3 Å². The Hall–Kier alpha value is -2.40. The fourth-order valence-corrected chi connectivity index (χ4v) is 2.66. The van der Waals surface area contributed by atoms with Crippen LogP contribution in [-0.2, 0) is 10.4 Å². The number of nitrogens with one attached hydrogen (secondary N) is 2. The van der Waals surface area contributed by atoms with E-state index in [1.165, 1.54) is 36.4 Å². The van der Waals surface area contributed by atoms with Crippen LogP contribution in [0.1, 0.15) is 64.9 Å². The van der Waals surface area contributed by atoms with Crippen molar-refractivity contribution >= 4 is 22.8 Å². The lowest BCUT2D eigenvalue weighted by molar-refractivity contribution is 0.162. The van der Waals surface area contributed by atoms with Gasteiger partial charge in [-0.15, -0.1) is 12.4 Å². The maximum absolute atomic E-state index is 9.85. The summed E-state index contributed by atoms with van der Waals surface area (Å²) in [6, 6.07) is 8.22. The van der Waals surface area contributed by atoms with E-state index in [1.54, 1.807) is 0 Å². The van der Waals surface area contributed by atoms with Gasteiger partial charge in [-0.1, -0.05) is 0 Å². The Kier molecular flexibility index (Phi) is 18.3. The van der Waals surface area contributed by atoms with E-state index in [1.807, 2.05) is 41.5 Å². The van der Waals surface area contributed by atoms with Gasteiger partial charge in [0, 0.05) is 36.3 Å². The first-order valence-electron chi connectivity index (χ1n) is 11.2. The predicted molar refractivity (Wildman–Crippen MR) is 151 cm³/mol. The summed E-state index contributed by atoms with van der Waals surface area (Å²) in [5.41, 5.74) is 0.822. The molecule has 0 aromatic heterocycles. The molecule has 2 unspecified atom stereocenters. The SMILES string of the molecule is CC(C)(C)NCC(O)c1cc(O)cc(O)c1.CC(C)(C)NCC(O)c1cc(O)cc(O)c1.Cl.N.O=S(=O)(O)O. The molecule has 0 spiro atoms. The van der Waals surface area contributed by atoms with E-state index in [2.05, 4.69) is 10.6 Å². The zero-order valence-corrected chi connectivity index (χ0v) is 24.6. The van der Waals surface area contributed by atoms with E-state index in [0.29, 0.717) is 24.2 Å². The monoisotopic (exact) mass is 601 g/mol. The van der Waals surface area contributed by atoms with Crippen molar-refractivity contribution in [2.45, 2.75) is 64.8 Å². The quantitative estimate of drug-likeness (QED) is 0.213. The predicted octanol–water partition coefficient (Wildman–Crippen LogP) is 2.97. The minimum Gasteiger partial charge on any atom is -0.508 e. The molecule has 0 aliphatic rings. The van der Waals surface area contributed by atoms with Gasteiger partial charge in [0.15, 0.2) is 0 Å². The number of aliphatic hydroxyl groups excluding tert-OH is 2. The number of hydrogen-bond donors (Lipinski definition) is 11. The second-order valence-electron chi connectivity index (χ2n) is 10.3. The average Bonchev–Trinajstić information content (AvgIpc) is 2.67. The molecule has 0 aliphatic carbocycles. The minimum absolute atomic E-state index is 0. The molecule has 2 atom stereocenters. The second-order valence-corrected chi connectivity index (χ2v) is 11.2. The minimum atomic E-state index is -4.67. The average molecular weight is 602 g/mol. The van der Waals surface area contributed by atoms with Crippen molar-refractivity contribution in [3.63, 3.8) is 0 Å². The number of phenolic OH excluding ortho intramolecular Hbond substituents is 4. The third kappa shape index (κ3) is 23.2. The van der Waals surface area contributed by atoms with Gasteiger partial charge in [0.1, 0.15) is 23.0 Å². The van der Waals surface area contributed by atoms with Crippen molar-refractivity contribution in [3.8, 4) is 23.0 Å². The van der Waals surface area contributed by atoms with Crippen LogP contribution < -0.4 is 16.8 Å². The highest BCUT2D eigenvalue weighted by molar-refractivity contribution is 7.79. The van der Waals surface area contributed by atoms with Crippen LogP contribution in [0.2, 0.25) is 0 Å². The molecular weight excluding hydrogens is 558 g/mol. The molecule has 0 aliphatic heterocycles. The second kappa shape index (κ2) is 17.3. The smallest absolute Gasteiger partial charge is 0.394 e. The van der Waals surface area contributed by atoms with Crippen LogP contribution in [0.15, 0.2) is 36.4 Å². The Morgan fingerprint density at radius 2 is 0.846 bits per heavy atom. The fraction of sp³-hybridized carbons (Fsp3) is 0.500. The molecule has 0 bridgehead atoms. The van der Waals surface area contributed by atoms with Crippen molar-refractivity contribution in [1.82, 2.24) is 16.8 Å². The summed E-state index contributed by atoms with van der Waals surface area (Å²) in [6.45, 7) is 12.7. The number of phenols is 4. The molecule has 0 radical (unpaired) electrons. The maximum Gasteiger partial charge on any atom is 0.394 e. The summed E-state index contributed by atoms with van der Waals surface area (Å²) in [6.07, 6.45) is -1.51. The van der Waals surface area contributed by atoms with Gasteiger partial charge in [0.2, 0.25) is 0 Å². The highest BCUT2D eigenvalue weighted by atomic mass is 35.5. The van der Waals surface area contributed by atoms with E-state index in [-0.39, 0.29) is 52.6 Å². The lowest BCUT2D eigenvalue weighted by atomic mass is 10.1. The largest absolute Gasteiger partial charge is 0.508 e. The Morgan fingerprint density at radius 1 is 0.641 bits per heavy atom. The third-order valence-corrected chi connectivity index (χ3v) is 4.27. The van der Waals surface area contributed by atoms with E-state index < -0.39 is 22.6 Å². The number of aromatic hydroxyl groups is 4. The number of rotatable bonds is 6. The fourth-order valence-electron chi connectivity index (χ4n) is 2.66. The highest BCUT2D eigenvalue weighted by Crippen LogP contribution is 2.25. The summed E-state index contributed by atoms with van der Waals surface area (Å²) in [4.78, 5) is 0. The molecule has 2 aromatic rings. The third-order valence-electron chi connectivity index (χ3n) is 4.27. The molecule has 15 heteroatoms. The van der Waals surface area contributed by atoms with Crippen LogP contribution in [0.3, 0.4) is 0 Å². The first-order chi connectivity index (χ1) is 16.6. The van der Waals surface area contributed by atoms with Crippen LogP contribution in [0.25, 0.3) is 0 Å². The lowest BCUT2D eigenvalue weighted by Gasteiger charge is -2.23. The summed E-state index contributed by atoms with van der Waals surface area (Å²) in [5.74, 6) is -0.204. The molecule has 0 fully saturated rings. The normalized spacial score (nSPS) is 12.8. The van der Waals surface area contributed by atoms with E-state index in [0.717, 1.165) is 0 Å². The van der Waals surface area contributed by atoms with Gasteiger partial charge < -0.3 is 47.4 Å². The van der Waals surface area contributed by atoms with E-state index in [9.17, 15) is 30.6 Å². The van der Waals surface area contributed by atoms with Crippen molar-refractivity contribution in [3.05, 3.63) is 47.5 Å². The van der Waals surface area contributed by atoms with Crippen molar-refractivity contribution in [2.24, 2.45) is 0 Å². The molecule has 13 N–H and O–H groups in total. The van der Waals surface area contributed by atoms with Gasteiger partial charge in [-0.05, 0) is 76.9 Å². The van der Waals surface area contributed by atoms with E-state index in [4.69, 9.17) is 17.5 Å². The Balaban J connectivity index is -0.000000543. The van der Waals surface area contributed by atoms with Gasteiger partial charge >= 0.3 is 10.4 Å². The zero-order valence-electron chi connectivity index (χ0n) is 23.0. The topological polar surface area (TPSA) is 255 Å². The molecule has 39 heavy (non-hydrogen) atoms. The number of hydrogen-bond acceptors (Lipinski definition) is 11. The summed E-state index contributed by atoms with van der Waals surface area (Å²) >= 11 is 0. The summed E-state index contributed by atoms with van der Waals surface area (Å²) in [7, 11) is -4.67. The molecular formula is C24H44ClN3O10S. The van der Waals surface area contributed by atoms with Crippen LogP contribution in [0, 0.1) is 0 Å². The first-order valence-corrected chi connectivity index (χ1v) is 12.6. The molecule has 0 amide bonds. The van der Waals surface area contributed by atoms with Gasteiger partial charge in [-0.25, -0.2) is 0 Å². The zero-order chi connectivity index (χ0) is 29.2. The van der Waals surface area contributed by atoms with Crippen molar-refractivity contribution < 1.29 is 48.2 Å². The molecule has 2 rings (SSSR count). The standard InChI is InChI=1S/2C12H19NO3.ClH.H3N.H2O4S/c2*1-12(2,3)13-7-11(16)8-4-9(14)6-10(15)5-8;;;1-5(2,3)4/h2*4-6,11,13-16H,7H2,1-3H3;1H;1H3;(H2,1,2,3,4). The molecule has 0 saturated heterocycles. The van der Waals surface area contributed by atoms with Gasteiger partial charge in [0.05, 0.1) is 12.2 Å². The molecule has 13 nitrogen and oxygen atoms in total. The Labute approximate surface area is 236 Å². The Bertz CT molecular complexity index is 971. The van der Waals surface area contributed by atoms with Crippen LogP contribution in [0.4, 0.5) is 0 Å². The highest BCUT2D eigenvalue weighted by Gasteiger charge is 2.15. The van der Waals surface area contributed by atoms with Gasteiger partial charge in [-0.3, -0.25) is 9.11 Å². The van der Waals surface area contributed by atoms with Crippen LogP contribution in [0.5, 0.6) is 23.0 Å². The van der Waals surface area contributed by atoms with Crippen LogP contribution >= 0.6 is 12.4 Å². The van der Waals surface area contributed by atoms with Crippen molar-refractivity contribution in [2.75, 3.05) is 13.1 Å². The molecule has 0 heterocycles. The maximum atomic E-state index is 9.85. The van der Waals surface area contributed by atoms with Gasteiger partial charge in [-0.2, -0.15) is 8.42 Å². The number of benzene rings is 2. The number of halogens is 1. The van der Waals surface area contributed by atoms with Gasteiger partial charge in [0.25, 0.3) is 0 Å². The van der Waals surface area contributed by atoms with E-state index >= 15 is 0 Å². The lowest BCUT2D eigenvalue weighted by Crippen LogP contribution is -2.38. The first kappa shape index (κ1) is 41.1. The molecule has 2 aromatic carbocycles.